The first-order chi connectivity index (χ1) is 23.3. The van der Waals surface area contributed by atoms with Gasteiger partial charge in [-0.15, -0.1) is 0 Å². The molecule has 3 heteroatoms. The molecule has 47 heavy (non-hydrogen) atoms. The third kappa shape index (κ3) is 4.00. The number of nitrogens with zero attached hydrogens (tertiary/aromatic N) is 1. The first-order valence-corrected chi connectivity index (χ1v) is 15.9. The highest BCUT2D eigenvalue weighted by atomic mass is 16.3. The number of fused-ring (bicyclic) bond motifs is 10. The van der Waals surface area contributed by atoms with Gasteiger partial charge in [-0.2, -0.15) is 0 Å². The Labute approximate surface area is 270 Å². The molecule has 0 spiro atoms. The number of rotatable bonds is 4. The van der Waals surface area contributed by atoms with E-state index < -0.39 is 0 Å². The lowest BCUT2D eigenvalue weighted by molar-refractivity contribution is 0.668. The van der Waals surface area contributed by atoms with Gasteiger partial charge in [-0.25, -0.2) is 0 Å². The van der Waals surface area contributed by atoms with E-state index in [1.165, 1.54) is 21.9 Å². The Bertz CT molecular complexity index is 2800. The van der Waals surface area contributed by atoms with E-state index in [1.807, 2.05) is 12.1 Å². The number of furan rings is 2. The summed E-state index contributed by atoms with van der Waals surface area (Å²) in [6.45, 7) is 0. The van der Waals surface area contributed by atoms with Crippen LogP contribution in [0.4, 0.5) is 17.1 Å². The average Bonchev–Trinajstić information content (AvgIpc) is 3.70. The van der Waals surface area contributed by atoms with Crippen molar-refractivity contribution in [2.45, 2.75) is 0 Å². The molecule has 3 nitrogen and oxygen atoms in total. The molecule has 2 heterocycles. The van der Waals surface area contributed by atoms with Crippen molar-refractivity contribution in [1.82, 2.24) is 0 Å². The zero-order chi connectivity index (χ0) is 30.9. The van der Waals surface area contributed by atoms with Gasteiger partial charge in [0.15, 0.2) is 0 Å². The van der Waals surface area contributed by atoms with Crippen LogP contribution in [-0.4, -0.2) is 0 Å². The monoisotopic (exact) mass is 601 g/mol. The van der Waals surface area contributed by atoms with Gasteiger partial charge in [0, 0.05) is 38.6 Å². The van der Waals surface area contributed by atoms with Gasteiger partial charge in [0.25, 0.3) is 0 Å². The molecular formula is C44H27NO2. The zero-order valence-corrected chi connectivity index (χ0v) is 25.4. The number of benzene rings is 8. The number of para-hydroxylation sites is 2. The minimum absolute atomic E-state index is 0.867. The van der Waals surface area contributed by atoms with E-state index in [-0.39, 0.29) is 0 Å². The molecular weight excluding hydrogens is 574 g/mol. The Hall–Kier alpha value is -6.32. The van der Waals surface area contributed by atoms with Crippen molar-refractivity contribution < 1.29 is 8.83 Å². The number of hydrogen-bond donors (Lipinski definition) is 0. The fraction of sp³-hybridized carbons (Fsp3) is 0. The smallest absolute Gasteiger partial charge is 0.136 e. The summed E-state index contributed by atoms with van der Waals surface area (Å²) >= 11 is 0. The summed E-state index contributed by atoms with van der Waals surface area (Å²) in [5.74, 6) is 0. The van der Waals surface area contributed by atoms with E-state index in [0.29, 0.717) is 0 Å². The summed E-state index contributed by atoms with van der Waals surface area (Å²) in [6, 6.07) is 57.9. The molecule has 0 aliphatic rings. The Balaban J connectivity index is 1.20. The fourth-order valence-electron chi connectivity index (χ4n) is 7.35. The SMILES string of the molecule is c1ccc(N(c2cccc(-c3cccc4ccccc34)c2)c2ccc3oc4ccc5c(ccc6oc7ccccc7c65)c4c3c2)cc1. The van der Waals surface area contributed by atoms with Crippen LogP contribution in [0.5, 0.6) is 0 Å². The normalized spacial score (nSPS) is 11.8. The maximum absolute atomic E-state index is 6.46. The van der Waals surface area contributed by atoms with Crippen molar-refractivity contribution in [2.75, 3.05) is 4.90 Å². The molecule has 2 aromatic heterocycles. The third-order valence-corrected chi connectivity index (χ3v) is 9.43. The molecule has 220 valence electrons. The molecule has 0 fully saturated rings. The van der Waals surface area contributed by atoms with Crippen LogP contribution in [0, 0.1) is 0 Å². The third-order valence-electron chi connectivity index (χ3n) is 9.43. The molecule has 0 radical (unpaired) electrons. The summed E-state index contributed by atoms with van der Waals surface area (Å²) < 4.78 is 12.7. The highest BCUT2D eigenvalue weighted by Crippen LogP contribution is 2.43. The molecule has 0 amide bonds. The highest BCUT2D eigenvalue weighted by Gasteiger charge is 2.19. The molecule has 10 rings (SSSR count). The van der Waals surface area contributed by atoms with Crippen molar-refractivity contribution in [3.8, 4) is 11.1 Å². The molecule has 8 aromatic carbocycles. The van der Waals surface area contributed by atoms with E-state index in [9.17, 15) is 0 Å². The fourth-order valence-corrected chi connectivity index (χ4v) is 7.35. The lowest BCUT2D eigenvalue weighted by Crippen LogP contribution is -2.09. The van der Waals surface area contributed by atoms with E-state index in [2.05, 4.69) is 157 Å². The minimum atomic E-state index is 0.867. The van der Waals surface area contributed by atoms with Crippen LogP contribution in [0.3, 0.4) is 0 Å². The largest absolute Gasteiger partial charge is 0.456 e. The predicted octanol–water partition coefficient (Wildman–Crippen LogP) is 12.9. The summed E-state index contributed by atoms with van der Waals surface area (Å²) in [6.07, 6.45) is 0. The minimum Gasteiger partial charge on any atom is -0.456 e. The Morgan fingerprint density at radius 3 is 1.77 bits per heavy atom. The molecule has 0 unspecified atom stereocenters. The van der Waals surface area contributed by atoms with Gasteiger partial charge in [-0.1, -0.05) is 91.0 Å². The molecule has 0 aliphatic carbocycles. The standard InChI is InChI=1S/C44H27NO2/c1-2-13-30(14-3-1)45(31-15-8-12-29(26-31)34-18-9-11-28-10-4-5-16-33(28)34)32-20-23-40-38(27-32)44-36-22-24-41-43(35(36)21-25-42(44)47-40)37-17-6-7-19-39(37)46-41/h1-27H. The van der Waals surface area contributed by atoms with Crippen LogP contribution in [0.1, 0.15) is 0 Å². The van der Waals surface area contributed by atoms with Crippen LogP contribution in [0.15, 0.2) is 173 Å². The van der Waals surface area contributed by atoms with Gasteiger partial charge >= 0.3 is 0 Å². The lowest BCUT2D eigenvalue weighted by atomic mass is 9.97. The Morgan fingerprint density at radius 2 is 0.936 bits per heavy atom. The molecule has 0 saturated carbocycles. The lowest BCUT2D eigenvalue weighted by Gasteiger charge is -2.26. The van der Waals surface area contributed by atoms with Crippen LogP contribution in [0.25, 0.3) is 76.5 Å². The predicted molar refractivity (Wildman–Crippen MR) is 196 cm³/mol. The summed E-state index contributed by atoms with van der Waals surface area (Å²) in [4.78, 5) is 2.33. The van der Waals surface area contributed by atoms with Crippen molar-refractivity contribution in [3.63, 3.8) is 0 Å². The Kier molecular flexibility index (Phi) is 5.57. The molecule has 0 saturated heterocycles. The van der Waals surface area contributed by atoms with Gasteiger partial charge in [-0.3, -0.25) is 0 Å². The first-order valence-electron chi connectivity index (χ1n) is 15.9. The van der Waals surface area contributed by atoms with Crippen LogP contribution < -0.4 is 4.90 Å². The quantitative estimate of drug-likeness (QED) is 0.201. The number of hydrogen-bond acceptors (Lipinski definition) is 3. The zero-order valence-electron chi connectivity index (χ0n) is 25.4. The summed E-state index contributed by atoms with van der Waals surface area (Å²) in [5.41, 5.74) is 9.18. The average molecular weight is 602 g/mol. The molecule has 10 aromatic rings. The van der Waals surface area contributed by atoms with E-state index in [0.717, 1.165) is 71.7 Å². The maximum Gasteiger partial charge on any atom is 0.136 e. The topological polar surface area (TPSA) is 29.5 Å². The van der Waals surface area contributed by atoms with E-state index in [4.69, 9.17) is 8.83 Å². The van der Waals surface area contributed by atoms with E-state index >= 15 is 0 Å². The highest BCUT2D eigenvalue weighted by molar-refractivity contribution is 6.27. The summed E-state index contributed by atoms with van der Waals surface area (Å²) in [5, 5.41) is 9.27. The van der Waals surface area contributed by atoms with Gasteiger partial charge in [0.1, 0.15) is 22.3 Å². The van der Waals surface area contributed by atoms with Crippen LogP contribution >= 0.6 is 0 Å². The molecule has 0 aliphatic heterocycles. The van der Waals surface area contributed by atoms with E-state index in [1.54, 1.807) is 0 Å². The second kappa shape index (κ2) is 10.1. The second-order valence-corrected chi connectivity index (χ2v) is 12.1. The molecule has 0 atom stereocenters. The van der Waals surface area contributed by atoms with Crippen LogP contribution in [0.2, 0.25) is 0 Å². The molecule has 0 N–H and O–H groups in total. The molecule has 0 bridgehead atoms. The van der Waals surface area contributed by atoms with Gasteiger partial charge in [-0.05, 0) is 105 Å². The van der Waals surface area contributed by atoms with Crippen molar-refractivity contribution >= 4 is 82.5 Å². The first kappa shape index (κ1) is 26.0. The van der Waals surface area contributed by atoms with Crippen LogP contribution in [-0.2, 0) is 0 Å². The van der Waals surface area contributed by atoms with Gasteiger partial charge in [0.2, 0.25) is 0 Å². The van der Waals surface area contributed by atoms with Gasteiger partial charge < -0.3 is 13.7 Å². The van der Waals surface area contributed by atoms with Gasteiger partial charge in [0.05, 0.1) is 0 Å². The summed E-state index contributed by atoms with van der Waals surface area (Å²) in [7, 11) is 0. The van der Waals surface area contributed by atoms with Crippen molar-refractivity contribution in [3.05, 3.63) is 164 Å². The number of anilines is 3. The van der Waals surface area contributed by atoms with Crippen molar-refractivity contribution in [2.24, 2.45) is 0 Å². The second-order valence-electron chi connectivity index (χ2n) is 12.1. The van der Waals surface area contributed by atoms with Crippen molar-refractivity contribution in [1.29, 1.82) is 0 Å². The maximum atomic E-state index is 6.46. The Morgan fingerprint density at radius 1 is 0.340 bits per heavy atom.